The molecule has 0 unspecified atom stereocenters. The third kappa shape index (κ3) is 9.44. The Hall–Kier alpha value is -1.34. The molecule has 1 amide bonds. The van der Waals surface area contributed by atoms with E-state index >= 15 is 0 Å². The number of hydrogen-bond donors (Lipinski definition) is 2. The number of hydrogen-bond acceptors (Lipinski definition) is 5. The zero-order valence-corrected chi connectivity index (χ0v) is 21.6. The maximum absolute atomic E-state index is 12.2. The van der Waals surface area contributed by atoms with Gasteiger partial charge in [-0.2, -0.15) is 0 Å². The molecule has 1 saturated heterocycles. The summed E-state index contributed by atoms with van der Waals surface area (Å²) in [6, 6.07) is 1.50. The molecule has 1 aliphatic heterocycles. The van der Waals surface area contributed by atoms with Crippen LogP contribution in [0.5, 0.6) is 0 Å². The van der Waals surface area contributed by atoms with Crippen LogP contribution in [0.4, 0.5) is 4.79 Å². The highest BCUT2D eigenvalue weighted by atomic mass is 16.6. The van der Waals surface area contributed by atoms with Gasteiger partial charge in [-0.3, -0.25) is 4.79 Å². The van der Waals surface area contributed by atoms with Gasteiger partial charge in [0, 0.05) is 25.7 Å². The summed E-state index contributed by atoms with van der Waals surface area (Å²) in [6.07, 6.45) is 15.2. The first-order valence-corrected chi connectivity index (χ1v) is 13.1. The number of carboxylic acids is 1. The van der Waals surface area contributed by atoms with E-state index in [4.69, 9.17) is 14.6 Å². The number of carbonyl (C=O) groups is 2. The lowest BCUT2D eigenvalue weighted by atomic mass is 9.91. The minimum atomic E-state index is -0.923. The minimum Gasteiger partial charge on any atom is -0.481 e. The minimum absolute atomic E-state index is 0.249. The lowest BCUT2D eigenvalue weighted by Crippen LogP contribution is -2.49. The van der Waals surface area contributed by atoms with Crippen LogP contribution in [0.15, 0.2) is 0 Å². The third-order valence-corrected chi connectivity index (χ3v) is 7.14. The van der Waals surface area contributed by atoms with Crippen molar-refractivity contribution in [1.82, 2.24) is 10.2 Å². The van der Waals surface area contributed by atoms with Crippen LogP contribution in [-0.4, -0.2) is 65.6 Å². The van der Waals surface area contributed by atoms with Gasteiger partial charge in [0.2, 0.25) is 0 Å². The average molecular weight is 469 g/mol. The van der Waals surface area contributed by atoms with Crippen molar-refractivity contribution in [2.45, 2.75) is 135 Å². The molecule has 192 valence electrons. The fourth-order valence-corrected chi connectivity index (χ4v) is 5.39. The van der Waals surface area contributed by atoms with E-state index in [0.717, 1.165) is 24.9 Å². The maximum Gasteiger partial charge on any atom is 0.410 e. The molecule has 0 spiro atoms. The monoisotopic (exact) mass is 468 g/mol. The van der Waals surface area contributed by atoms with E-state index in [-0.39, 0.29) is 6.04 Å². The van der Waals surface area contributed by atoms with E-state index in [9.17, 15) is 9.59 Å². The number of rotatable bonds is 6. The van der Waals surface area contributed by atoms with Crippen LogP contribution < -0.4 is 5.32 Å². The van der Waals surface area contributed by atoms with Crippen LogP contribution in [0.2, 0.25) is 0 Å². The fraction of sp³-hybridized carbons (Fsp3) is 0.923. The molecule has 7 heteroatoms. The summed E-state index contributed by atoms with van der Waals surface area (Å²) in [5.74, 6) is -1.60. The smallest absolute Gasteiger partial charge is 0.410 e. The van der Waals surface area contributed by atoms with Crippen molar-refractivity contribution >= 4 is 12.1 Å². The van der Waals surface area contributed by atoms with Gasteiger partial charge in [-0.15, -0.1) is 0 Å². The molecule has 33 heavy (non-hydrogen) atoms. The van der Waals surface area contributed by atoms with Crippen LogP contribution in [0.25, 0.3) is 0 Å². The number of aliphatic carboxylic acids is 1. The Labute approximate surface area is 201 Å². The predicted molar refractivity (Wildman–Crippen MR) is 130 cm³/mol. The molecule has 0 aromatic carbocycles. The molecule has 0 aromatic heterocycles. The summed E-state index contributed by atoms with van der Waals surface area (Å²) < 4.78 is 10.7. The van der Waals surface area contributed by atoms with Crippen molar-refractivity contribution in [2.24, 2.45) is 5.92 Å². The van der Waals surface area contributed by atoms with E-state index < -0.39 is 29.7 Å². The second kappa shape index (κ2) is 13.5. The number of nitrogens with one attached hydrogen (secondary N) is 1. The average Bonchev–Trinajstić information content (AvgIpc) is 3.25. The summed E-state index contributed by atoms with van der Waals surface area (Å²) in [7, 11) is 1.48. The zero-order chi connectivity index (χ0) is 24.4. The number of carboxylic acid groups (broad SMARTS) is 1. The lowest BCUT2D eigenvalue weighted by Gasteiger charge is -2.34. The van der Waals surface area contributed by atoms with Crippen LogP contribution in [0, 0.1) is 5.92 Å². The van der Waals surface area contributed by atoms with Gasteiger partial charge in [0.1, 0.15) is 5.60 Å². The van der Waals surface area contributed by atoms with Gasteiger partial charge in [-0.25, -0.2) is 4.79 Å². The molecule has 3 aliphatic rings. The number of likely N-dealkylation sites (tertiary alicyclic amines) is 1. The Bertz CT molecular complexity index is 578. The largest absolute Gasteiger partial charge is 0.481 e. The number of ether oxygens (including phenoxy) is 2. The number of nitrogens with zero attached hydrogens (tertiary/aromatic N) is 1. The molecule has 0 radical (unpaired) electrons. The van der Waals surface area contributed by atoms with E-state index in [1.54, 1.807) is 11.8 Å². The standard InChI is InChI=1S/C14H25NO5.C12H23N/c1-9(12(16)17)11(19-5)10-7-6-8-15(10)13(18)20-14(2,3)4;1-3-7-11(8-4-1)13-12-9-5-2-6-10-12/h9-11H,6-8H2,1-5H3,(H,16,17);11-13H,1-10H2/t9-,10+,11+;/m1./s1. The van der Waals surface area contributed by atoms with Crippen LogP contribution in [0.3, 0.4) is 0 Å². The first kappa shape index (κ1) is 27.9. The molecule has 2 saturated carbocycles. The van der Waals surface area contributed by atoms with Crippen molar-refractivity contribution in [2.75, 3.05) is 13.7 Å². The quantitative estimate of drug-likeness (QED) is 0.545. The normalized spacial score (nSPS) is 24.5. The molecule has 3 rings (SSSR count). The first-order chi connectivity index (χ1) is 15.6. The Balaban J connectivity index is 0.000000254. The predicted octanol–water partition coefficient (Wildman–Crippen LogP) is 5.36. The lowest BCUT2D eigenvalue weighted by molar-refractivity contribution is -0.147. The molecule has 2 aliphatic carbocycles. The Morgan fingerprint density at radius 3 is 1.85 bits per heavy atom. The van der Waals surface area contributed by atoms with E-state index in [1.165, 1.54) is 71.3 Å². The molecule has 0 aromatic rings. The van der Waals surface area contributed by atoms with Gasteiger partial charge in [0.25, 0.3) is 0 Å². The Kier molecular flexibility index (Phi) is 11.4. The van der Waals surface area contributed by atoms with Crippen LogP contribution in [-0.2, 0) is 14.3 Å². The van der Waals surface area contributed by atoms with Crippen molar-refractivity contribution in [1.29, 1.82) is 0 Å². The van der Waals surface area contributed by atoms with Gasteiger partial charge in [-0.05, 0) is 66.2 Å². The molecule has 1 heterocycles. The summed E-state index contributed by atoms with van der Waals surface area (Å²) in [5.41, 5.74) is -0.564. The molecule has 3 atom stereocenters. The highest BCUT2D eigenvalue weighted by Gasteiger charge is 2.41. The van der Waals surface area contributed by atoms with E-state index in [1.807, 2.05) is 20.8 Å². The summed E-state index contributed by atoms with van der Waals surface area (Å²) in [5, 5.41) is 13.0. The van der Waals surface area contributed by atoms with Gasteiger partial charge in [0.15, 0.2) is 0 Å². The summed E-state index contributed by atoms with van der Waals surface area (Å²) in [4.78, 5) is 24.9. The highest BCUT2D eigenvalue weighted by Crippen LogP contribution is 2.28. The molecule has 7 nitrogen and oxygen atoms in total. The number of amides is 1. The van der Waals surface area contributed by atoms with Crippen LogP contribution >= 0.6 is 0 Å². The SMILES string of the molecule is C1CCC(NC2CCCCC2)CC1.CO[C@@H]([C@@H](C)C(=O)O)[C@@H]1CCCN1C(=O)OC(C)(C)C. The highest BCUT2D eigenvalue weighted by molar-refractivity contribution is 5.71. The first-order valence-electron chi connectivity index (χ1n) is 13.1. The van der Waals surface area contributed by atoms with Crippen molar-refractivity contribution < 1.29 is 24.2 Å². The molecule has 2 N–H and O–H groups in total. The Morgan fingerprint density at radius 2 is 1.42 bits per heavy atom. The molecule has 0 bridgehead atoms. The second-order valence-corrected chi connectivity index (χ2v) is 11.0. The van der Waals surface area contributed by atoms with Gasteiger partial charge < -0.3 is 24.8 Å². The maximum atomic E-state index is 12.2. The third-order valence-electron chi connectivity index (χ3n) is 7.14. The zero-order valence-electron chi connectivity index (χ0n) is 21.6. The summed E-state index contributed by atoms with van der Waals surface area (Å²) >= 11 is 0. The van der Waals surface area contributed by atoms with Crippen molar-refractivity contribution in [3.8, 4) is 0 Å². The second-order valence-electron chi connectivity index (χ2n) is 11.0. The van der Waals surface area contributed by atoms with Crippen molar-refractivity contribution in [3.05, 3.63) is 0 Å². The number of methoxy groups -OCH3 is 1. The van der Waals surface area contributed by atoms with E-state index in [2.05, 4.69) is 5.32 Å². The van der Waals surface area contributed by atoms with Gasteiger partial charge in [0.05, 0.1) is 18.1 Å². The van der Waals surface area contributed by atoms with Gasteiger partial charge >= 0.3 is 12.1 Å². The Morgan fingerprint density at radius 1 is 0.909 bits per heavy atom. The molecular weight excluding hydrogens is 420 g/mol. The molecular formula is C26H48N2O5. The summed E-state index contributed by atoms with van der Waals surface area (Å²) in [6.45, 7) is 7.60. The fourth-order valence-electron chi connectivity index (χ4n) is 5.39. The molecule has 3 fully saturated rings. The van der Waals surface area contributed by atoms with Crippen LogP contribution in [0.1, 0.15) is 105 Å². The topological polar surface area (TPSA) is 88.1 Å². The van der Waals surface area contributed by atoms with E-state index in [0.29, 0.717) is 6.54 Å². The number of carbonyl (C=O) groups excluding carboxylic acids is 1. The van der Waals surface area contributed by atoms with Gasteiger partial charge in [-0.1, -0.05) is 38.5 Å². The van der Waals surface area contributed by atoms with Crippen molar-refractivity contribution in [3.63, 3.8) is 0 Å².